The second kappa shape index (κ2) is 3.91. The van der Waals surface area contributed by atoms with Crippen molar-refractivity contribution in [2.75, 3.05) is 13.2 Å². The first kappa shape index (κ1) is 10.9. The lowest BCUT2D eigenvalue weighted by Gasteiger charge is -2.25. The van der Waals surface area contributed by atoms with Crippen molar-refractivity contribution in [3.63, 3.8) is 0 Å². The summed E-state index contributed by atoms with van der Waals surface area (Å²) in [6.45, 7) is 3.57. The van der Waals surface area contributed by atoms with E-state index < -0.39 is 0 Å². The van der Waals surface area contributed by atoms with Crippen LogP contribution in [0.5, 0.6) is 11.5 Å². The van der Waals surface area contributed by atoms with Gasteiger partial charge in [-0.2, -0.15) is 0 Å². The number of nitrogens with two attached hydrogens (primary N) is 1. The van der Waals surface area contributed by atoms with E-state index in [9.17, 15) is 0 Å². The van der Waals surface area contributed by atoms with Gasteiger partial charge in [0.2, 0.25) is 0 Å². The Hall–Kier alpha value is -1.22. The summed E-state index contributed by atoms with van der Waals surface area (Å²) in [6.07, 6.45) is 3.41. The monoisotopic (exact) mass is 233 g/mol. The Morgan fingerprint density at radius 1 is 1.18 bits per heavy atom. The molecule has 3 heteroatoms. The summed E-state index contributed by atoms with van der Waals surface area (Å²) in [6, 6.07) is 6.12. The molecule has 92 valence electrons. The molecule has 1 heterocycles. The second-order valence-corrected chi connectivity index (χ2v) is 5.27. The van der Waals surface area contributed by atoms with Gasteiger partial charge in [0.1, 0.15) is 0 Å². The van der Waals surface area contributed by atoms with Gasteiger partial charge < -0.3 is 15.2 Å². The number of hydrogen-bond acceptors (Lipinski definition) is 3. The Morgan fingerprint density at radius 3 is 2.59 bits per heavy atom. The highest BCUT2D eigenvalue weighted by Gasteiger charge is 2.40. The number of ether oxygens (including phenoxy) is 2. The van der Waals surface area contributed by atoms with Gasteiger partial charge >= 0.3 is 0 Å². The van der Waals surface area contributed by atoms with Gasteiger partial charge in [-0.1, -0.05) is 6.07 Å². The van der Waals surface area contributed by atoms with E-state index in [1.165, 1.54) is 12.8 Å². The van der Waals surface area contributed by atoms with Crippen molar-refractivity contribution < 1.29 is 9.47 Å². The first-order valence-electron chi connectivity index (χ1n) is 6.37. The van der Waals surface area contributed by atoms with E-state index in [1.807, 2.05) is 6.07 Å². The van der Waals surface area contributed by atoms with Crippen molar-refractivity contribution in [2.45, 2.75) is 31.7 Å². The molecule has 0 radical (unpaired) electrons. The van der Waals surface area contributed by atoms with E-state index in [4.69, 9.17) is 15.2 Å². The quantitative estimate of drug-likeness (QED) is 0.853. The van der Waals surface area contributed by atoms with E-state index >= 15 is 0 Å². The maximum atomic E-state index is 6.42. The molecular formula is C14H19NO2. The molecule has 0 bridgehead atoms. The highest BCUT2D eigenvalue weighted by Crippen LogP contribution is 2.45. The Morgan fingerprint density at radius 2 is 1.88 bits per heavy atom. The third-order valence-electron chi connectivity index (χ3n) is 3.79. The normalized spacial score (nSPS) is 22.7. The Kier molecular flexibility index (Phi) is 2.51. The van der Waals surface area contributed by atoms with Crippen LogP contribution in [0.3, 0.4) is 0 Å². The molecule has 1 aromatic carbocycles. The van der Waals surface area contributed by atoms with E-state index in [0.717, 1.165) is 36.7 Å². The van der Waals surface area contributed by atoms with Gasteiger partial charge in [0.15, 0.2) is 11.5 Å². The minimum absolute atomic E-state index is 0.231. The average Bonchev–Trinajstić information content (AvgIpc) is 3.15. The van der Waals surface area contributed by atoms with Crippen LogP contribution in [0.15, 0.2) is 18.2 Å². The molecule has 3 rings (SSSR count). The Bertz CT molecular complexity index is 424. The molecule has 0 amide bonds. The largest absolute Gasteiger partial charge is 0.490 e. The van der Waals surface area contributed by atoms with E-state index in [2.05, 4.69) is 19.1 Å². The van der Waals surface area contributed by atoms with Crippen molar-refractivity contribution in [1.82, 2.24) is 0 Å². The van der Waals surface area contributed by atoms with Gasteiger partial charge in [0.25, 0.3) is 0 Å². The molecular weight excluding hydrogens is 214 g/mol. The van der Waals surface area contributed by atoms with Gasteiger partial charge in [0, 0.05) is 12.0 Å². The third kappa shape index (κ3) is 2.00. The van der Waals surface area contributed by atoms with Crippen LogP contribution in [0.1, 0.15) is 31.7 Å². The number of rotatable bonds is 2. The highest BCUT2D eigenvalue weighted by molar-refractivity contribution is 5.45. The summed E-state index contributed by atoms with van der Waals surface area (Å²) in [5, 5.41) is 0. The zero-order valence-electron chi connectivity index (χ0n) is 10.2. The first-order chi connectivity index (χ1) is 8.18. The van der Waals surface area contributed by atoms with Gasteiger partial charge in [-0.15, -0.1) is 0 Å². The second-order valence-electron chi connectivity index (χ2n) is 5.27. The summed E-state index contributed by atoms with van der Waals surface area (Å²) in [5.41, 5.74) is 7.34. The fourth-order valence-electron chi connectivity index (χ4n) is 2.42. The van der Waals surface area contributed by atoms with Crippen LogP contribution in [0.25, 0.3) is 0 Å². The molecule has 1 atom stereocenters. The topological polar surface area (TPSA) is 44.5 Å². The summed E-state index contributed by atoms with van der Waals surface area (Å²) in [5.74, 6) is 2.31. The lowest BCUT2D eigenvalue weighted by Crippen LogP contribution is -2.35. The van der Waals surface area contributed by atoms with Gasteiger partial charge in [0.05, 0.1) is 13.2 Å². The minimum atomic E-state index is -0.231. The zero-order chi connectivity index (χ0) is 11.9. The van der Waals surface area contributed by atoms with Crippen molar-refractivity contribution in [3.05, 3.63) is 23.8 Å². The van der Waals surface area contributed by atoms with Gasteiger partial charge in [-0.05, 0) is 43.4 Å². The van der Waals surface area contributed by atoms with Crippen molar-refractivity contribution >= 4 is 0 Å². The Labute approximate surface area is 102 Å². The van der Waals surface area contributed by atoms with Crippen LogP contribution >= 0.6 is 0 Å². The number of benzene rings is 1. The molecule has 3 nitrogen and oxygen atoms in total. The smallest absolute Gasteiger partial charge is 0.161 e. The maximum absolute atomic E-state index is 6.42. The Balaban J connectivity index is 1.94. The van der Waals surface area contributed by atoms with Crippen LogP contribution in [0.2, 0.25) is 0 Å². The molecule has 1 unspecified atom stereocenters. The zero-order valence-corrected chi connectivity index (χ0v) is 10.2. The molecule has 1 aliphatic heterocycles. The predicted molar refractivity (Wildman–Crippen MR) is 66.3 cm³/mol. The van der Waals surface area contributed by atoms with Crippen LogP contribution in [0.4, 0.5) is 0 Å². The van der Waals surface area contributed by atoms with Crippen molar-refractivity contribution in [2.24, 2.45) is 11.7 Å². The molecule has 1 aromatic rings. The minimum Gasteiger partial charge on any atom is -0.490 e. The third-order valence-corrected chi connectivity index (χ3v) is 3.79. The standard InChI is InChI=1S/C14H19NO2/c1-14(15,10-3-4-10)11-5-6-12-13(9-11)17-8-2-7-16-12/h5-6,9-10H,2-4,7-8,15H2,1H3. The maximum Gasteiger partial charge on any atom is 0.161 e. The van der Waals surface area contributed by atoms with E-state index in [-0.39, 0.29) is 5.54 Å². The summed E-state index contributed by atoms with van der Waals surface area (Å²) >= 11 is 0. The fraction of sp³-hybridized carbons (Fsp3) is 0.571. The molecule has 0 aromatic heterocycles. The highest BCUT2D eigenvalue weighted by atomic mass is 16.5. The van der Waals surface area contributed by atoms with Crippen LogP contribution in [-0.4, -0.2) is 13.2 Å². The van der Waals surface area contributed by atoms with Crippen molar-refractivity contribution in [3.8, 4) is 11.5 Å². The molecule has 0 spiro atoms. The van der Waals surface area contributed by atoms with Gasteiger partial charge in [-0.3, -0.25) is 0 Å². The summed E-state index contributed by atoms with van der Waals surface area (Å²) in [4.78, 5) is 0. The molecule has 1 aliphatic carbocycles. The average molecular weight is 233 g/mol. The molecule has 2 N–H and O–H groups in total. The lowest BCUT2D eigenvalue weighted by molar-refractivity contribution is 0.296. The van der Waals surface area contributed by atoms with E-state index in [0.29, 0.717) is 5.92 Å². The summed E-state index contributed by atoms with van der Waals surface area (Å²) in [7, 11) is 0. The van der Waals surface area contributed by atoms with Crippen LogP contribution in [-0.2, 0) is 5.54 Å². The predicted octanol–water partition coefficient (Wildman–Crippen LogP) is 2.43. The molecule has 1 fully saturated rings. The molecule has 1 saturated carbocycles. The number of fused-ring (bicyclic) bond motifs is 1. The van der Waals surface area contributed by atoms with Crippen LogP contribution in [0, 0.1) is 5.92 Å². The number of hydrogen-bond donors (Lipinski definition) is 1. The van der Waals surface area contributed by atoms with E-state index in [1.54, 1.807) is 0 Å². The SMILES string of the molecule is CC(N)(c1ccc2c(c1)OCCCO2)C1CC1. The molecule has 17 heavy (non-hydrogen) atoms. The van der Waals surface area contributed by atoms with Crippen LogP contribution < -0.4 is 15.2 Å². The fourth-order valence-corrected chi connectivity index (χ4v) is 2.42. The molecule has 0 saturated heterocycles. The van der Waals surface area contributed by atoms with Crippen molar-refractivity contribution in [1.29, 1.82) is 0 Å². The molecule has 2 aliphatic rings. The lowest BCUT2D eigenvalue weighted by atomic mass is 9.88. The summed E-state index contributed by atoms with van der Waals surface area (Å²) < 4.78 is 11.3. The first-order valence-corrected chi connectivity index (χ1v) is 6.37. The van der Waals surface area contributed by atoms with Gasteiger partial charge in [-0.25, -0.2) is 0 Å².